The summed E-state index contributed by atoms with van der Waals surface area (Å²) in [5, 5.41) is 21.7. The summed E-state index contributed by atoms with van der Waals surface area (Å²) in [5.74, 6) is 4.33. The van der Waals surface area contributed by atoms with Gasteiger partial charge in [-0.05, 0) is 186 Å². The lowest BCUT2D eigenvalue weighted by Gasteiger charge is -2.52. The first-order valence-electron chi connectivity index (χ1n) is 29.8. The van der Waals surface area contributed by atoms with Crippen LogP contribution in [0.4, 0.5) is 0 Å². The first-order valence-corrected chi connectivity index (χ1v) is 29.6. The third-order valence-electron chi connectivity index (χ3n) is 17.9. The number of aldehydes is 1. The Labute approximate surface area is 392 Å². The molecule has 10 atom stereocenters. The molecule has 0 radical (unpaired) electrons. The average molecular weight is 886 g/mol. The van der Waals surface area contributed by atoms with E-state index in [1.165, 1.54) is 0 Å². The van der Waals surface area contributed by atoms with E-state index in [4.69, 9.17) is 31.7 Å². The number of carbonyl (C=O) groups is 1. The van der Waals surface area contributed by atoms with Crippen molar-refractivity contribution in [2.45, 2.75) is 272 Å². The molecule has 5 nitrogen and oxygen atoms in total. The molecule has 4 unspecified atom stereocenters. The molecule has 350 valence electrons. The molecule has 4 aliphatic rings. The zero-order chi connectivity index (χ0) is 56.0. The molecule has 0 saturated heterocycles. The summed E-state index contributed by atoms with van der Waals surface area (Å²) in [7, 11) is -3.85. The third-order valence-corrected chi connectivity index (χ3v) is 26.9. The average Bonchev–Trinajstić information content (AvgIpc) is 3.74. The smallest absolute Gasteiger partial charge is 0.192 e. The Morgan fingerprint density at radius 3 is 1.40 bits per heavy atom. The van der Waals surface area contributed by atoms with Gasteiger partial charge in [0, 0.05) is 41.5 Å². The molecular weight excluding hydrogens is 773 g/mol. The first-order chi connectivity index (χ1) is 32.1. The standard InChI is InChI=1S/C27H50O2Si.C26H50O3Si/c1-11-17-26(7,19-13-18-25(5,6)28)23-16-15-21-22(14-12-20-27(21,23)8)29-30(9,10)24(2,3)4;1-23(2,3)30(8,9)29-21-12-10-17-26(7)20(21)13-14-22(26)25(6,18-19-27)16-11-15-24(4,5)28/h1,21-23,28H,12-20H2,2-10H3;19-22,28H,10-18H2,1-9H3/t21?,22-,23+,26?,27-;20?,21-,22+,25?,26-/m00/s1/i5D3,6D3;4D3,5D3. The van der Waals surface area contributed by atoms with Gasteiger partial charge in [0.05, 0.1) is 11.2 Å². The minimum Gasteiger partial charge on any atom is -0.414 e. The van der Waals surface area contributed by atoms with E-state index in [2.05, 4.69) is 101 Å². The second-order valence-electron chi connectivity index (χ2n) is 24.6. The summed E-state index contributed by atoms with van der Waals surface area (Å²) in [6.45, 7) is 19.9. The molecule has 4 saturated carbocycles. The van der Waals surface area contributed by atoms with E-state index in [1.807, 2.05) is 0 Å². The van der Waals surface area contributed by atoms with Crippen LogP contribution in [-0.2, 0) is 13.6 Å². The van der Waals surface area contributed by atoms with Crippen LogP contribution in [0.3, 0.4) is 0 Å². The van der Waals surface area contributed by atoms with Gasteiger partial charge >= 0.3 is 0 Å². The van der Waals surface area contributed by atoms with Crippen molar-refractivity contribution in [2.75, 3.05) is 0 Å². The van der Waals surface area contributed by atoms with Gasteiger partial charge in [0.1, 0.15) is 6.29 Å². The maximum atomic E-state index is 11.8. The Morgan fingerprint density at radius 2 is 1.05 bits per heavy atom. The van der Waals surface area contributed by atoms with E-state index >= 15 is 0 Å². The molecule has 60 heavy (non-hydrogen) atoms. The van der Waals surface area contributed by atoms with Crippen LogP contribution >= 0.6 is 0 Å². The summed E-state index contributed by atoms with van der Waals surface area (Å²) in [4.78, 5) is 11.8. The van der Waals surface area contributed by atoms with Gasteiger partial charge < -0.3 is 23.9 Å². The highest BCUT2D eigenvalue weighted by atomic mass is 28.4. The highest BCUT2D eigenvalue weighted by molar-refractivity contribution is 6.74. The number of rotatable bonds is 17. The lowest BCUT2D eigenvalue weighted by molar-refractivity contribution is -0.112. The fourth-order valence-electron chi connectivity index (χ4n) is 12.6. The van der Waals surface area contributed by atoms with E-state index < -0.39 is 60.7 Å². The topological polar surface area (TPSA) is 76.0 Å². The maximum Gasteiger partial charge on any atom is 0.192 e. The molecule has 4 fully saturated rings. The SMILES string of the molecule is [2H]C([2H])([2H])C(O)(CCCC(C)(CC#C)[C@H]1CCC2[C@@H](O[Si](C)(C)C(C)(C)C)CCC[C@@]21C)C([2H])([2H])[2H].[2H]C([2H])([2H])C(O)(CCCC(C)(CC=O)[C@H]1CCC2[C@@H](O[Si](C)(C)C(C)(C)C)CCC[C@@]21C)C([2H])([2H])[2H]. The second kappa shape index (κ2) is 19.5. The van der Waals surface area contributed by atoms with E-state index in [9.17, 15) is 15.0 Å². The van der Waals surface area contributed by atoms with Crippen molar-refractivity contribution in [3.05, 3.63) is 0 Å². The van der Waals surface area contributed by atoms with E-state index in [-0.39, 0.29) is 63.7 Å². The van der Waals surface area contributed by atoms with Gasteiger partial charge in [-0.1, -0.05) is 94.9 Å². The Bertz CT molecular complexity index is 1820. The van der Waals surface area contributed by atoms with Gasteiger partial charge in [-0.15, -0.1) is 12.3 Å². The van der Waals surface area contributed by atoms with Crippen molar-refractivity contribution in [3.63, 3.8) is 0 Å². The normalized spacial score (nSPS) is 36.2. The van der Waals surface area contributed by atoms with Crippen molar-refractivity contribution < 1.29 is 40.3 Å². The number of aliphatic hydroxyl groups is 2. The lowest BCUT2D eigenvalue weighted by Crippen LogP contribution is -2.51. The molecule has 0 aromatic rings. The summed E-state index contributed by atoms with van der Waals surface area (Å²) in [6, 6.07) is 0. The quantitative estimate of drug-likeness (QED) is 0.0864. The van der Waals surface area contributed by atoms with Crippen LogP contribution in [0.25, 0.3) is 0 Å². The largest absolute Gasteiger partial charge is 0.414 e. The van der Waals surface area contributed by atoms with Crippen molar-refractivity contribution in [2.24, 2.45) is 45.3 Å². The molecule has 7 heteroatoms. The van der Waals surface area contributed by atoms with E-state index in [1.54, 1.807) is 0 Å². The molecule has 0 aromatic heterocycles. The molecule has 0 heterocycles. The summed E-state index contributed by atoms with van der Waals surface area (Å²) < 4.78 is 106. The van der Waals surface area contributed by atoms with Gasteiger partial charge in [-0.2, -0.15) is 0 Å². The molecule has 0 amide bonds. The Morgan fingerprint density at radius 1 is 0.667 bits per heavy atom. The van der Waals surface area contributed by atoms with E-state index in [0.717, 1.165) is 70.5 Å². The molecular formula is C53H100O5Si2. The van der Waals surface area contributed by atoms with Gasteiger partial charge in [0.15, 0.2) is 16.6 Å². The van der Waals surface area contributed by atoms with Crippen molar-refractivity contribution in [1.29, 1.82) is 0 Å². The van der Waals surface area contributed by atoms with Crippen LogP contribution in [0, 0.1) is 57.7 Å². The predicted octanol–water partition coefficient (Wildman–Crippen LogP) is 14.7. The van der Waals surface area contributed by atoms with Gasteiger partial charge in [0.25, 0.3) is 0 Å². The molecule has 0 aromatic carbocycles. The Hall–Kier alpha value is -0.496. The maximum absolute atomic E-state index is 11.8. The highest BCUT2D eigenvalue weighted by Crippen LogP contribution is 2.65. The second-order valence-corrected chi connectivity index (χ2v) is 34.1. The zero-order valence-corrected chi connectivity index (χ0v) is 43.0. The monoisotopic (exact) mass is 885 g/mol. The number of fused-ring (bicyclic) bond motifs is 2. The Kier molecular flexibility index (Phi) is 12.3. The molecule has 0 bridgehead atoms. The minimum atomic E-state index is -3.01. The fraction of sp³-hybridized carbons (Fsp3) is 0.943. The third kappa shape index (κ3) is 12.9. The zero-order valence-electron chi connectivity index (χ0n) is 53.0. The van der Waals surface area contributed by atoms with Crippen LogP contribution in [0.1, 0.15) is 229 Å². The van der Waals surface area contributed by atoms with Crippen LogP contribution in [-0.4, -0.2) is 56.5 Å². The molecule has 2 N–H and O–H groups in total. The summed E-state index contributed by atoms with van der Waals surface area (Å²) in [6.07, 6.45) is 19.8. The molecule has 0 spiro atoms. The number of hydrogen-bond donors (Lipinski definition) is 2. The van der Waals surface area contributed by atoms with Crippen LogP contribution in [0.5, 0.6) is 0 Å². The highest BCUT2D eigenvalue weighted by Gasteiger charge is 2.59. The fourth-order valence-corrected chi connectivity index (χ4v) is 15.4. The van der Waals surface area contributed by atoms with Crippen molar-refractivity contribution in [3.8, 4) is 12.3 Å². The van der Waals surface area contributed by atoms with Gasteiger partial charge in [-0.3, -0.25) is 0 Å². The molecule has 0 aliphatic heterocycles. The lowest BCUT2D eigenvalue weighted by atomic mass is 9.56. The van der Waals surface area contributed by atoms with Crippen LogP contribution in [0.2, 0.25) is 36.3 Å². The minimum absolute atomic E-state index is 0.00734. The van der Waals surface area contributed by atoms with Crippen LogP contribution in [0.15, 0.2) is 0 Å². The number of carbonyl (C=O) groups excluding carboxylic acids is 1. The predicted molar refractivity (Wildman–Crippen MR) is 261 cm³/mol. The molecule has 4 rings (SSSR count). The molecule has 4 aliphatic carbocycles. The van der Waals surface area contributed by atoms with Gasteiger partial charge in [0.2, 0.25) is 0 Å². The number of hydrogen-bond acceptors (Lipinski definition) is 5. The van der Waals surface area contributed by atoms with Crippen molar-refractivity contribution >= 4 is 22.9 Å². The Balaban J connectivity index is 0.000000380. The van der Waals surface area contributed by atoms with E-state index in [0.29, 0.717) is 49.9 Å². The number of terminal acetylenes is 1. The summed E-state index contributed by atoms with van der Waals surface area (Å²) >= 11 is 0. The van der Waals surface area contributed by atoms with Crippen LogP contribution < -0.4 is 0 Å². The first kappa shape index (κ1) is 37.7. The van der Waals surface area contributed by atoms with Gasteiger partial charge in [-0.25, -0.2) is 0 Å². The van der Waals surface area contributed by atoms with Crippen molar-refractivity contribution in [1.82, 2.24) is 0 Å². The summed E-state index contributed by atoms with van der Waals surface area (Å²) in [5.41, 5.74) is -6.05.